The van der Waals surface area contributed by atoms with Gasteiger partial charge in [-0.05, 0) is 41.8 Å². The Hall–Kier alpha value is -3.40. The van der Waals surface area contributed by atoms with Crippen LogP contribution < -0.4 is 5.32 Å². The molecule has 0 saturated carbocycles. The fourth-order valence-electron chi connectivity index (χ4n) is 7.36. The molecule has 268 valence electrons. The van der Waals surface area contributed by atoms with Crippen molar-refractivity contribution in [1.29, 1.82) is 0 Å². The van der Waals surface area contributed by atoms with Crippen molar-refractivity contribution in [3.63, 3.8) is 0 Å². The van der Waals surface area contributed by atoms with Crippen LogP contribution in [0.3, 0.4) is 0 Å². The van der Waals surface area contributed by atoms with E-state index in [0.717, 1.165) is 46.2 Å². The Morgan fingerprint density at radius 1 is 0.902 bits per heavy atom. The van der Waals surface area contributed by atoms with Gasteiger partial charge in [-0.25, -0.2) is 4.39 Å². The van der Waals surface area contributed by atoms with Crippen LogP contribution in [-0.2, 0) is 34.5 Å². The highest BCUT2D eigenvalue weighted by molar-refractivity contribution is 6.42. The number of rotatable bonds is 8. The number of fused-ring (bicyclic) bond motifs is 1. The van der Waals surface area contributed by atoms with E-state index in [-0.39, 0.29) is 24.0 Å². The first-order valence-electron chi connectivity index (χ1n) is 15.2. The molecule has 4 unspecified atom stereocenters. The van der Waals surface area contributed by atoms with Crippen molar-refractivity contribution < 1.29 is 72.8 Å². The summed E-state index contributed by atoms with van der Waals surface area (Å²) in [6.07, 6.45) is -5.90. The summed E-state index contributed by atoms with van der Waals surface area (Å²) in [5.74, 6) is -12.8. The zero-order chi connectivity index (χ0) is 38.3. The number of nitrogens with zero attached hydrogens (tertiary/aromatic N) is 2. The molecule has 0 bridgehead atoms. The fourth-order valence-corrected chi connectivity index (χ4v) is 7.36. The molecule has 3 heterocycles. The molecule has 51 heavy (non-hydrogen) atoms. The molecule has 2 aromatic carbocycles. The van der Waals surface area contributed by atoms with Crippen LogP contribution in [0.25, 0.3) is 0 Å². The number of halogens is 4. The lowest BCUT2D eigenvalue weighted by Crippen LogP contribution is -2.81. The van der Waals surface area contributed by atoms with Crippen LogP contribution in [0.5, 0.6) is 0 Å². The minimum absolute atomic E-state index is 0.110. The fraction of sp³-hybridized carbons (Fsp3) is 0.500. The Bertz CT molecular complexity index is 1720. The van der Waals surface area contributed by atoms with Gasteiger partial charge in [0, 0.05) is 48.2 Å². The molecule has 2 saturated heterocycles. The maximum absolute atomic E-state index is 16.8. The SMILES string of the molecule is [B]C([B])(C(O)(O)O)C1(C([B])(O)C(O)(O)O)CN(Cc2ccc(C(F)(F)F)cc2)CCC1(O)c1ccc2c(c1F)CN(C1CCC(=O)NC1=O)C2=O. The molecule has 3 amide bonds. The Morgan fingerprint density at radius 3 is 2.04 bits per heavy atom. The summed E-state index contributed by atoms with van der Waals surface area (Å²) in [7, 11) is 18.0. The molecule has 3 aliphatic rings. The van der Waals surface area contributed by atoms with Crippen molar-refractivity contribution >= 4 is 41.3 Å². The smallest absolute Gasteiger partial charge is 0.391 e. The number of hydrogen-bond acceptors (Lipinski definition) is 12. The highest BCUT2D eigenvalue weighted by Gasteiger charge is 2.77. The van der Waals surface area contributed by atoms with Crippen molar-refractivity contribution in [3.8, 4) is 0 Å². The average molecular weight is 717 g/mol. The summed E-state index contributed by atoms with van der Waals surface area (Å²) >= 11 is 0. The Morgan fingerprint density at radius 2 is 1.51 bits per heavy atom. The molecule has 9 N–H and O–H groups in total. The number of aliphatic hydroxyl groups is 8. The quantitative estimate of drug-likeness (QED) is 0.0587. The van der Waals surface area contributed by atoms with Gasteiger partial charge in [-0.3, -0.25) is 24.6 Å². The third-order valence-electron chi connectivity index (χ3n) is 10.2. The predicted octanol–water partition coefficient (Wildman–Crippen LogP) is -2.74. The third kappa shape index (κ3) is 5.97. The van der Waals surface area contributed by atoms with Gasteiger partial charge in [0.1, 0.15) is 30.8 Å². The van der Waals surface area contributed by atoms with Gasteiger partial charge in [0.05, 0.1) is 27.8 Å². The monoisotopic (exact) mass is 717 g/mol. The molecule has 0 aliphatic carbocycles. The molecule has 21 heteroatoms. The predicted molar refractivity (Wildman–Crippen MR) is 164 cm³/mol. The first-order valence-corrected chi connectivity index (χ1v) is 15.2. The van der Waals surface area contributed by atoms with Gasteiger partial charge in [-0.15, -0.1) is 0 Å². The highest BCUT2D eigenvalue weighted by Crippen LogP contribution is 2.66. The maximum Gasteiger partial charge on any atom is 0.416 e. The molecule has 2 fully saturated rings. The molecule has 3 aliphatic heterocycles. The van der Waals surface area contributed by atoms with Crippen LogP contribution in [0.2, 0.25) is 5.21 Å². The van der Waals surface area contributed by atoms with Crippen molar-refractivity contribution in [2.24, 2.45) is 5.41 Å². The van der Waals surface area contributed by atoms with Crippen molar-refractivity contribution in [1.82, 2.24) is 15.1 Å². The van der Waals surface area contributed by atoms with E-state index in [1.807, 2.05) is 0 Å². The highest BCUT2D eigenvalue weighted by atomic mass is 19.4. The summed E-state index contributed by atoms with van der Waals surface area (Å²) in [6, 6.07) is 4.02. The largest absolute Gasteiger partial charge is 0.416 e. The zero-order valence-corrected chi connectivity index (χ0v) is 26.4. The number of alkyl halides is 3. The van der Waals surface area contributed by atoms with Gasteiger partial charge < -0.3 is 45.8 Å². The number of piperidine rings is 2. The van der Waals surface area contributed by atoms with E-state index < -0.39 is 119 Å². The second-order valence-corrected chi connectivity index (χ2v) is 13.2. The second-order valence-electron chi connectivity index (χ2n) is 13.2. The van der Waals surface area contributed by atoms with Gasteiger partial charge in [0.25, 0.3) is 17.9 Å². The first-order chi connectivity index (χ1) is 23.2. The number of carbonyl (C=O) groups excluding carboxylic acids is 3. The Balaban J connectivity index is 1.67. The van der Waals surface area contributed by atoms with E-state index >= 15 is 4.39 Å². The van der Waals surface area contributed by atoms with Crippen LogP contribution in [-0.4, -0.2) is 128 Å². The van der Waals surface area contributed by atoms with Crippen LogP contribution in [0, 0.1) is 11.2 Å². The van der Waals surface area contributed by atoms with E-state index in [9.17, 15) is 68.4 Å². The summed E-state index contributed by atoms with van der Waals surface area (Å²) < 4.78 is 56.3. The molecule has 5 rings (SSSR count). The third-order valence-corrected chi connectivity index (χ3v) is 10.2. The van der Waals surface area contributed by atoms with Crippen LogP contribution in [0.4, 0.5) is 17.6 Å². The van der Waals surface area contributed by atoms with Gasteiger partial charge in [-0.1, -0.05) is 18.2 Å². The number of nitrogens with one attached hydrogen (secondary N) is 1. The van der Waals surface area contributed by atoms with Crippen molar-refractivity contribution in [2.75, 3.05) is 13.1 Å². The van der Waals surface area contributed by atoms with E-state index in [1.165, 1.54) is 0 Å². The number of carbonyl (C=O) groups is 3. The summed E-state index contributed by atoms with van der Waals surface area (Å²) in [5.41, 5.74) is -14.0. The van der Waals surface area contributed by atoms with E-state index in [1.54, 1.807) is 0 Å². The maximum atomic E-state index is 16.8. The molecule has 2 aromatic rings. The number of imide groups is 1. The minimum Gasteiger partial charge on any atom is -0.391 e. The van der Waals surface area contributed by atoms with Crippen LogP contribution in [0.15, 0.2) is 36.4 Å². The normalized spacial score (nSPS) is 26.5. The molecule has 0 aromatic heterocycles. The Labute approximate surface area is 290 Å². The standard InChI is InChI=1S/C30H30B3F4N3O11/c31-27(32,29(46,47)48)25(28(33,45)30(49,50)51)13-39(11-14-1-3-15(4-2-14)26(35,36)37)10-9-24(25,44)18-6-5-16-17(21(18)34)12-40(23(16)43)19-7-8-20(41)38-22(19)42/h1-6,19,44-51H,7-13H2,(H,38,41,42). The lowest BCUT2D eigenvalue weighted by molar-refractivity contribution is -0.429. The second kappa shape index (κ2) is 12.3. The van der Waals surface area contributed by atoms with E-state index in [4.69, 9.17) is 23.5 Å². The van der Waals surface area contributed by atoms with Gasteiger partial charge >= 0.3 is 6.18 Å². The minimum atomic E-state index is -4.70. The number of hydrogen-bond donors (Lipinski definition) is 9. The van der Waals surface area contributed by atoms with Crippen molar-refractivity contribution in [3.05, 3.63) is 70.0 Å². The Kier molecular flexibility index (Phi) is 9.40. The first kappa shape index (κ1) is 38.8. The number of likely N-dealkylation sites (tertiary alicyclic amines) is 1. The summed E-state index contributed by atoms with van der Waals surface area (Å²) in [6.45, 7) is -2.78. The summed E-state index contributed by atoms with van der Waals surface area (Å²) in [5, 5.41) is 84.8. The van der Waals surface area contributed by atoms with Gasteiger partial charge in [0.15, 0.2) is 0 Å². The lowest BCUT2D eigenvalue weighted by atomic mass is 9.29. The van der Waals surface area contributed by atoms with Gasteiger partial charge in [-0.2, -0.15) is 13.2 Å². The van der Waals surface area contributed by atoms with Gasteiger partial charge in [0.2, 0.25) is 11.8 Å². The molecular weight excluding hydrogens is 687 g/mol. The molecule has 6 radical (unpaired) electrons. The topological polar surface area (TPSA) is 232 Å². The van der Waals surface area contributed by atoms with Crippen molar-refractivity contribution in [2.45, 2.75) is 72.8 Å². The van der Waals surface area contributed by atoms with E-state index in [0.29, 0.717) is 0 Å². The molecule has 14 nitrogen and oxygen atoms in total. The average Bonchev–Trinajstić information content (AvgIpc) is 3.33. The zero-order valence-electron chi connectivity index (χ0n) is 26.4. The molecule has 4 atom stereocenters. The van der Waals surface area contributed by atoms with Crippen LogP contribution in [0.1, 0.15) is 51.9 Å². The van der Waals surface area contributed by atoms with E-state index in [2.05, 4.69) is 5.32 Å². The molecular formula is C30H30B3F4N3O11. The summed E-state index contributed by atoms with van der Waals surface area (Å²) in [4.78, 5) is 39.5. The number of amides is 3. The van der Waals surface area contributed by atoms with Crippen LogP contribution >= 0.6 is 0 Å². The molecule has 0 spiro atoms. The lowest BCUT2D eigenvalue weighted by Gasteiger charge is -2.68. The number of benzene rings is 2.